The molecule has 3 aromatic heterocycles. The molecule has 0 spiro atoms. The SMILES string of the molecule is CC.CC.CC.CC.CN(C)/C=C/c1c(C=O)c2ccccc2n1C.Cc1[nH]c2ccccc2c1C=O.Cc1cc2ccccc2[nH]1.O=P(Cl)(Cl)Cl. The van der Waals surface area contributed by atoms with Crippen LogP contribution in [0.2, 0.25) is 0 Å². The summed E-state index contributed by atoms with van der Waals surface area (Å²) in [4.78, 5) is 30.3. The Hall–Kier alpha value is -3.74. The first-order chi connectivity index (χ1) is 24.8. The Balaban J connectivity index is 0. The topological polar surface area (TPSA) is 91.0 Å². The van der Waals surface area contributed by atoms with Crippen LogP contribution >= 0.6 is 38.9 Å². The molecular weight excluding hydrogens is 734 g/mol. The molecule has 6 rings (SSSR count). The first-order valence-corrected chi connectivity index (χ1v) is 21.9. The lowest BCUT2D eigenvalue weighted by atomic mass is 10.1. The van der Waals surface area contributed by atoms with E-state index in [1.807, 2.05) is 160 Å². The second kappa shape index (κ2) is 27.9. The van der Waals surface area contributed by atoms with Crippen molar-refractivity contribution in [2.75, 3.05) is 14.1 Å². The Morgan fingerprint density at radius 3 is 1.63 bits per heavy atom. The Morgan fingerprint density at radius 1 is 0.673 bits per heavy atom. The van der Waals surface area contributed by atoms with Gasteiger partial charge in [-0.1, -0.05) is 110 Å². The summed E-state index contributed by atoms with van der Waals surface area (Å²) in [7, 11) is 5.89. The molecule has 0 aliphatic heterocycles. The number of nitrogens with zero attached hydrogens (tertiary/aromatic N) is 2. The van der Waals surface area contributed by atoms with Crippen molar-refractivity contribution in [1.82, 2.24) is 19.4 Å². The van der Waals surface area contributed by atoms with Gasteiger partial charge in [0.25, 0.3) is 0 Å². The van der Waals surface area contributed by atoms with Gasteiger partial charge in [-0.15, -0.1) is 0 Å². The molecule has 3 heterocycles. The number of para-hydroxylation sites is 3. The molecule has 0 aliphatic rings. The minimum Gasteiger partial charge on any atom is -0.383 e. The molecule has 286 valence electrons. The molecule has 2 N–H and O–H groups in total. The van der Waals surface area contributed by atoms with Crippen molar-refractivity contribution in [1.29, 1.82) is 0 Å². The summed E-state index contributed by atoms with van der Waals surface area (Å²) >= 11 is 13.8. The van der Waals surface area contributed by atoms with Gasteiger partial charge in [0.1, 0.15) is 0 Å². The Morgan fingerprint density at radius 2 is 1.13 bits per heavy atom. The zero-order valence-corrected chi connectivity index (χ0v) is 36.2. The number of benzene rings is 3. The highest BCUT2D eigenvalue weighted by Crippen LogP contribution is 2.61. The predicted octanol–water partition coefficient (Wildman–Crippen LogP) is 14.2. The third-order valence-electron chi connectivity index (χ3n) is 6.57. The number of aryl methyl sites for hydroxylation is 3. The van der Waals surface area contributed by atoms with E-state index in [1.165, 1.54) is 16.6 Å². The number of nitrogens with one attached hydrogen (secondary N) is 2. The molecule has 0 saturated carbocycles. The van der Waals surface area contributed by atoms with Crippen LogP contribution in [0.4, 0.5) is 0 Å². The Kier molecular flexibility index (Phi) is 27.0. The fourth-order valence-corrected chi connectivity index (χ4v) is 4.66. The number of fused-ring (bicyclic) bond motifs is 3. The first kappa shape index (κ1) is 50.4. The molecule has 0 amide bonds. The summed E-state index contributed by atoms with van der Waals surface area (Å²) in [5.41, 5.74) is 7.94. The van der Waals surface area contributed by atoms with Crippen molar-refractivity contribution in [3.8, 4) is 0 Å². The van der Waals surface area contributed by atoms with Gasteiger partial charge in [-0.25, -0.2) is 0 Å². The van der Waals surface area contributed by atoms with Gasteiger partial charge in [0.15, 0.2) is 12.6 Å². The van der Waals surface area contributed by atoms with Crippen molar-refractivity contribution in [2.45, 2.75) is 69.2 Å². The van der Waals surface area contributed by atoms with Crippen LogP contribution < -0.4 is 0 Å². The third-order valence-corrected chi connectivity index (χ3v) is 6.57. The average molecular weight is 792 g/mol. The second-order valence-corrected chi connectivity index (χ2v) is 16.7. The minimum atomic E-state index is -3.22. The summed E-state index contributed by atoms with van der Waals surface area (Å²) in [6.07, 6.45) is 5.73. The number of aromatic amines is 2. The summed E-state index contributed by atoms with van der Waals surface area (Å²) < 4.78 is 11.6. The predicted molar refractivity (Wildman–Crippen MR) is 233 cm³/mol. The highest BCUT2D eigenvalue weighted by molar-refractivity contribution is 8.24. The van der Waals surface area contributed by atoms with Crippen LogP contribution in [-0.2, 0) is 11.6 Å². The van der Waals surface area contributed by atoms with Crippen LogP contribution in [0.25, 0.3) is 38.8 Å². The minimum absolute atomic E-state index is 0.751. The highest BCUT2D eigenvalue weighted by Gasteiger charge is 2.11. The third kappa shape index (κ3) is 17.2. The maximum Gasteiger partial charge on any atom is 0.339 e. The lowest BCUT2D eigenvalue weighted by Gasteiger charge is -2.04. The molecular formula is C41H58Cl3N4O3P. The number of hydrogen-bond acceptors (Lipinski definition) is 4. The van der Waals surface area contributed by atoms with E-state index in [9.17, 15) is 14.2 Å². The summed E-state index contributed by atoms with van der Waals surface area (Å²) in [5, 5.41) is 0.0772. The smallest absolute Gasteiger partial charge is 0.339 e. The van der Waals surface area contributed by atoms with Crippen LogP contribution in [-0.4, -0.2) is 46.1 Å². The maximum absolute atomic E-state index is 11.2. The number of rotatable bonds is 4. The van der Waals surface area contributed by atoms with Crippen LogP contribution in [0.15, 0.2) is 85.1 Å². The first-order valence-electron chi connectivity index (χ1n) is 17.5. The maximum atomic E-state index is 11.2. The van der Waals surface area contributed by atoms with Crippen molar-refractivity contribution >= 4 is 90.3 Å². The Bertz CT molecular complexity index is 1910. The van der Waals surface area contributed by atoms with E-state index in [2.05, 4.69) is 74.9 Å². The molecule has 7 nitrogen and oxygen atoms in total. The van der Waals surface area contributed by atoms with Gasteiger partial charge >= 0.3 is 5.20 Å². The number of carbonyl (C=O) groups excluding carboxylic acids is 2. The average Bonchev–Trinajstić information content (AvgIpc) is 3.79. The van der Waals surface area contributed by atoms with Crippen LogP contribution in [0.3, 0.4) is 0 Å². The summed E-state index contributed by atoms with van der Waals surface area (Å²) in [6, 6.07) is 26.2. The van der Waals surface area contributed by atoms with Crippen molar-refractivity contribution < 1.29 is 14.2 Å². The van der Waals surface area contributed by atoms with Gasteiger partial charge in [-0.2, -0.15) is 0 Å². The second-order valence-electron chi connectivity index (χ2n) is 10.0. The molecule has 6 aromatic rings. The molecule has 0 unspecified atom stereocenters. The van der Waals surface area contributed by atoms with E-state index in [-0.39, 0.29) is 0 Å². The van der Waals surface area contributed by atoms with Gasteiger partial charge < -0.3 is 19.4 Å². The molecule has 0 atom stereocenters. The Labute approximate surface area is 326 Å². The zero-order chi connectivity index (χ0) is 40.4. The van der Waals surface area contributed by atoms with E-state index in [4.69, 9.17) is 0 Å². The molecule has 11 heteroatoms. The zero-order valence-electron chi connectivity index (χ0n) is 33.0. The van der Waals surface area contributed by atoms with Gasteiger partial charge in [-0.3, -0.25) is 14.2 Å². The van der Waals surface area contributed by atoms with Gasteiger partial charge in [0, 0.05) is 77.2 Å². The molecule has 0 radical (unpaired) electrons. The van der Waals surface area contributed by atoms with Crippen LogP contribution in [0, 0.1) is 13.8 Å². The van der Waals surface area contributed by atoms with E-state index in [0.29, 0.717) is 0 Å². The van der Waals surface area contributed by atoms with Gasteiger partial charge in [0.05, 0.1) is 5.69 Å². The highest BCUT2D eigenvalue weighted by atomic mass is 36.0. The number of aldehydes is 2. The standard InChI is InChI=1S/C14H16N2O.C10H9NO.C9H9N.4C2H6.Cl3OP/c1-15(2)9-8-14-12(10-17)11-6-4-5-7-13(11)16(14)3;1-7-9(6-12)8-4-2-3-5-10(8)11-7;1-7-6-8-4-2-3-5-9(8)10-7;4*1-2;1-5(2,3)4/h4-10H,1-3H3;2-6,11H,1H3;2-6,10H,1H3;4*1-2H3;/b9-8+;;;;;;;. The molecule has 3 aromatic carbocycles. The van der Waals surface area contributed by atoms with Gasteiger partial charge in [-0.05, 0) is 83.3 Å². The molecule has 52 heavy (non-hydrogen) atoms. The van der Waals surface area contributed by atoms with Crippen molar-refractivity contribution in [3.05, 3.63) is 113 Å². The fourth-order valence-electron chi connectivity index (χ4n) is 4.66. The van der Waals surface area contributed by atoms with Gasteiger partial charge in [0.2, 0.25) is 0 Å². The largest absolute Gasteiger partial charge is 0.383 e. The van der Waals surface area contributed by atoms with E-state index in [0.717, 1.165) is 56.9 Å². The van der Waals surface area contributed by atoms with E-state index < -0.39 is 5.20 Å². The summed E-state index contributed by atoms with van der Waals surface area (Å²) in [5.74, 6) is 0. The molecule has 0 saturated heterocycles. The quantitative estimate of drug-likeness (QED) is 0.137. The number of hydrogen-bond donors (Lipinski definition) is 2. The number of H-pyrrole nitrogens is 2. The number of carbonyl (C=O) groups is 2. The number of aromatic nitrogens is 3. The molecule has 0 fully saturated rings. The van der Waals surface area contributed by atoms with Crippen molar-refractivity contribution in [2.24, 2.45) is 7.05 Å². The lowest BCUT2D eigenvalue weighted by molar-refractivity contribution is 0.111. The van der Waals surface area contributed by atoms with E-state index in [1.54, 1.807) is 0 Å². The normalized spacial score (nSPS) is 9.69. The van der Waals surface area contributed by atoms with E-state index >= 15 is 0 Å². The van der Waals surface area contributed by atoms with Crippen molar-refractivity contribution in [3.63, 3.8) is 0 Å². The van der Waals surface area contributed by atoms with Crippen LogP contribution in [0.5, 0.6) is 0 Å². The number of halogens is 3. The fraction of sp³-hybridized carbons (Fsp3) is 0.317. The van der Waals surface area contributed by atoms with Crippen LogP contribution in [0.1, 0.15) is 93.2 Å². The monoisotopic (exact) mass is 790 g/mol. The lowest BCUT2D eigenvalue weighted by Crippen LogP contribution is -2.01. The molecule has 0 bridgehead atoms. The summed E-state index contributed by atoms with van der Waals surface area (Å²) in [6.45, 7) is 20.0. The molecule has 0 aliphatic carbocycles.